The van der Waals surface area contributed by atoms with Crippen LogP contribution in [0.3, 0.4) is 0 Å². The van der Waals surface area contributed by atoms with Gasteiger partial charge in [0, 0.05) is 12.8 Å². The number of esters is 2. The molecule has 59 heavy (non-hydrogen) atoms. The Labute approximate surface area is 358 Å². The number of unbranched alkanes of at least 4 members (excludes halogenated alkanes) is 7. The maximum atomic E-state index is 12.7. The molecular formula is C48H81NO9P+. The van der Waals surface area contributed by atoms with Gasteiger partial charge in [0.05, 0.1) is 33.9 Å². The minimum atomic E-state index is -4.44. The van der Waals surface area contributed by atoms with Crippen LogP contribution in [-0.4, -0.2) is 86.1 Å². The van der Waals surface area contributed by atoms with Crippen molar-refractivity contribution in [3.05, 3.63) is 97.2 Å². The van der Waals surface area contributed by atoms with Crippen LogP contribution in [-0.2, 0) is 32.7 Å². The minimum Gasteiger partial charge on any atom is -0.462 e. The highest BCUT2D eigenvalue weighted by Crippen LogP contribution is 2.43. The first-order valence-corrected chi connectivity index (χ1v) is 23.6. The summed E-state index contributed by atoms with van der Waals surface area (Å²) in [7, 11) is 1.33. The zero-order chi connectivity index (χ0) is 43.7. The number of allylic oxidation sites excluding steroid dienone is 15. The van der Waals surface area contributed by atoms with E-state index in [0.29, 0.717) is 30.3 Å². The molecule has 3 atom stereocenters. The molecule has 0 heterocycles. The standard InChI is InChI=1S/C48H80NO9P/c1-6-8-10-12-14-16-18-20-21-22-23-25-27-29-31-33-35-39-47(51)55-43-46(44-57-59(53,54)56-42-41-49(3,4)5)58-48(52)40-36-38-45(50)37-34-32-30-28-26-24-19-17-15-13-11-9-7-2/h8,10,14-17,20-21,23-26,30,32,34,37,45-46,50H,6-7,9,11-13,18-19,22,27-29,31,33,35-36,38-44H2,1-5H3/p+1/b10-8-,16-14-,17-15-,21-20-,25-23-,26-24-,32-30-,37-34+/t45-,46+/m0/s1. The molecule has 0 rings (SSSR count). The van der Waals surface area contributed by atoms with Gasteiger partial charge in [0.15, 0.2) is 6.10 Å². The predicted octanol–water partition coefficient (Wildman–Crippen LogP) is 11.5. The molecule has 0 spiro atoms. The van der Waals surface area contributed by atoms with E-state index in [9.17, 15) is 24.2 Å². The third-order valence-corrected chi connectivity index (χ3v) is 9.69. The summed E-state index contributed by atoms with van der Waals surface area (Å²) in [4.78, 5) is 35.4. The maximum absolute atomic E-state index is 12.7. The predicted molar refractivity (Wildman–Crippen MR) is 244 cm³/mol. The van der Waals surface area contributed by atoms with Gasteiger partial charge in [-0.3, -0.25) is 18.6 Å². The number of nitrogens with zero attached hydrogens (tertiary/aromatic N) is 1. The Morgan fingerprint density at radius 3 is 1.76 bits per heavy atom. The lowest BCUT2D eigenvalue weighted by Crippen LogP contribution is -2.37. The summed E-state index contributed by atoms with van der Waals surface area (Å²) in [6.45, 7) is 3.99. The number of rotatable bonds is 38. The average molecular weight is 847 g/mol. The number of quaternary nitrogens is 1. The molecule has 0 fully saturated rings. The van der Waals surface area contributed by atoms with Crippen LogP contribution in [0.1, 0.15) is 136 Å². The van der Waals surface area contributed by atoms with Gasteiger partial charge in [-0.1, -0.05) is 137 Å². The number of carbonyl (C=O) groups is 2. The van der Waals surface area contributed by atoms with Gasteiger partial charge in [-0.2, -0.15) is 0 Å². The number of hydrogen-bond donors (Lipinski definition) is 2. The molecule has 10 nitrogen and oxygen atoms in total. The largest absolute Gasteiger partial charge is 0.472 e. The highest BCUT2D eigenvalue weighted by atomic mass is 31.2. The Morgan fingerprint density at radius 2 is 1.17 bits per heavy atom. The number of aliphatic hydroxyl groups excluding tert-OH is 1. The summed E-state index contributed by atoms with van der Waals surface area (Å²) in [5, 5.41) is 10.3. The molecule has 0 aliphatic carbocycles. The van der Waals surface area contributed by atoms with Gasteiger partial charge in [0.2, 0.25) is 0 Å². The van der Waals surface area contributed by atoms with Crippen LogP contribution in [0.5, 0.6) is 0 Å². The van der Waals surface area contributed by atoms with Gasteiger partial charge in [-0.05, 0) is 83.5 Å². The third kappa shape index (κ3) is 42.8. The number of phosphoric acid groups is 1. The molecule has 0 aromatic carbocycles. The summed E-state index contributed by atoms with van der Waals surface area (Å²) in [5.74, 6) is -1.04. The normalized spacial score (nSPS) is 15.0. The van der Waals surface area contributed by atoms with Crippen LogP contribution in [0, 0.1) is 0 Å². The Balaban J connectivity index is 4.62. The van der Waals surface area contributed by atoms with E-state index in [2.05, 4.69) is 86.8 Å². The van der Waals surface area contributed by atoms with Crippen molar-refractivity contribution < 1.29 is 47.2 Å². The molecule has 0 aliphatic heterocycles. The smallest absolute Gasteiger partial charge is 0.462 e. The van der Waals surface area contributed by atoms with Crippen LogP contribution in [0.2, 0.25) is 0 Å². The molecule has 0 amide bonds. The lowest BCUT2D eigenvalue weighted by Gasteiger charge is -2.24. The lowest BCUT2D eigenvalue weighted by molar-refractivity contribution is -0.870. The maximum Gasteiger partial charge on any atom is 0.472 e. The number of carbonyl (C=O) groups excluding carboxylic acids is 2. The summed E-state index contributed by atoms with van der Waals surface area (Å²) >= 11 is 0. The molecular weight excluding hydrogens is 765 g/mol. The van der Waals surface area contributed by atoms with Crippen LogP contribution in [0.25, 0.3) is 0 Å². The monoisotopic (exact) mass is 847 g/mol. The number of hydrogen-bond acceptors (Lipinski definition) is 8. The van der Waals surface area contributed by atoms with Gasteiger partial charge in [-0.15, -0.1) is 0 Å². The fourth-order valence-corrected chi connectivity index (χ4v) is 5.97. The van der Waals surface area contributed by atoms with Gasteiger partial charge in [0.25, 0.3) is 0 Å². The van der Waals surface area contributed by atoms with Crippen molar-refractivity contribution in [2.45, 2.75) is 148 Å². The van der Waals surface area contributed by atoms with Crippen molar-refractivity contribution in [3.8, 4) is 0 Å². The van der Waals surface area contributed by atoms with Gasteiger partial charge < -0.3 is 24.0 Å². The third-order valence-electron chi connectivity index (χ3n) is 8.70. The van der Waals surface area contributed by atoms with E-state index in [1.54, 1.807) is 12.2 Å². The Bertz CT molecular complexity index is 1340. The van der Waals surface area contributed by atoms with Crippen molar-refractivity contribution in [2.75, 3.05) is 47.5 Å². The van der Waals surface area contributed by atoms with Crippen LogP contribution in [0.15, 0.2) is 97.2 Å². The number of phosphoric ester groups is 1. The Hall–Kier alpha value is -3.11. The first-order valence-electron chi connectivity index (χ1n) is 22.1. The van der Waals surface area contributed by atoms with Crippen LogP contribution in [0.4, 0.5) is 0 Å². The van der Waals surface area contributed by atoms with Crippen molar-refractivity contribution in [2.24, 2.45) is 0 Å². The second-order valence-electron chi connectivity index (χ2n) is 15.5. The van der Waals surface area contributed by atoms with E-state index in [4.69, 9.17) is 18.5 Å². The van der Waals surface area contributed by atoms with E-state index in [0.717, 1.165) is 70.6 Å². The highest BCUT2D eigenvalue weighted by molar-refractivity contribution is 7.47. The topological polar surface area (TPSA) is 129 Å². The van der Waals surface area contributed by atoms with E-state index in [1.807, 2.05) is 33.3 Å². The lowest BCUT2D eigenvalue weighted by atomic mass is 10.1. The van der Waals surface area contributed by atoms with Crippen molar-refractivity contribution in [3.63, 3.8) is 0 Å². The summed E-state index contributed by atoms with van der Waals surface area (Å²) < 4.78 is 34.1. The molecule has 0 aromatic heterocycles. The molecule has 0 aromatic rings. The van der Waals surface area contributed by atoms with E-state index < -0.39 is 38.6 Å². The quantitative estimate of drug-likeness (QED) is 0.0156. The van der Waals surface area contributed by atoms with Gasteiger partial charge >= 0.3 is 19.8 Å². The summed E-state index contributed by atoms with van der Waals surface area (Å²) in [6, 6.07) is 0. The molecule has 0 saturated heterocycles. The molecule has 0 radical (unpaired) electrons. The van der Waals surface area contributed by atoms with Crippen molar-refractivity contribution in [1.29, 1.82) is 0 Å². The Kier molecular flexibility index (Phi) is 37.0. The Morgan fingerprint density at radius 1 is 0.627 bits per heavy atom. The fourth-order valence-electron chi connectivity index (χ4n) is 5.22. The van der Waals surface area contributed by atoms with Gasteiger partial charge in [-0.25, -0.2) is 4.57 Å². The van der Waals surface area contributed by atoms with Crippen molar-refractivity contribution in [1.82, 2.24) is 0 Å². The van der Waals surface area contributed by atoms with E-state index >= 15 is 0 Å². The minimum absolute atomic E-state index is 0.000723. The van der Waals surface area contributed by atoms with Gasteiger partial charge in [0.1, 0.15) is 19.8 Å². The van der Waals surface area contributed by atoms with E-state index in [1.165, 1.54) is 19.3 Å². The molecule has 0 aliphatic rings. The fraction of sp³-hybridized carbons (Fsp3) is 0.625. The van der Waals surface area contributed by atoms with Crippen LogP contribution >= 0.6 is 7.82 Å². The van der Waals surface area contributed by atoms with Crippen LogP contribution < -0.4 is 0 Å². The zero-order valence-corrected chi connectivity index (χ0v) is 38.2. The SMILES string of the molecule is CC/C=C\C/C=C\C/C=C\C/C=C\CCCCCCC(=O)OC[C@H](COP(=O)(O)OCC[N+](C)(C)C)OC(=O)CCC[C@@H](O)/C=C/C=C\C/C=C\C/C=C\CCCCC. The molecule has 0 saturated carbocycles. The van der Waals surface area contributed by atoms with Crippen molar-refractivity contribution >= 4 is 19.8 Å². The molecule has 2 N–H and O–H groups in total. The summed E-state index contributed by atoms with van der Waals surface area (Å²) in [5.41, 5.74) is 0. The van der Waals surface area contributed by atoms with E-state index in [-0.39, 0.29) is 26.1 Å². The number of aliphatic hydroxyl groups is 1. The number of likely N-dealkylation sites (N-methyl/N-ethyl adjacent to an activating group) is 1. The number of ether oxygens (including phenoxy) is 2. The second kappa shape index (κ2) is 39.1. The average Bonchev–Trinajstić information content (AvgIpc) is 3.18. The molecule has 11 heteroatoms. The first-order chi connectivity index (χ1) is 28.4. The first kappa shape index (κ1) is 55.9. The summed E-state index contributed by atoms with van der Waals surface area (Å²) in [6.07, 6.45) is 47.7. The second-order valence-corrected chi connectivity index (χ2v) is 17.0. The zero-order valence-electron chi connectivity index (χ0n) is 37.3. The molecule has 336 valence electrons. The molecule has 0 bridgehead atoms. The molecule has 1 unspecified atom stereocenters. The highest BCUT2D eigenvalue weighted by Gasteiger charge is 2.27.